The zero-order valence-corrected chi connectivity index (χ0v) is 9.77. The van der Waals surface area contributed by atoms with E-state index in [0.717, 1.165) is 11.6 Å². The van der Waals surface area contributed by atoms with Crippen LogP contribution in [0.3, 0.4) is 0 Å². The lowest BCUT2D eigenvalue weighted by molar-refractivity contribution is 0.377. The van der Waals surface area contributed by atoms with Crippen molar-refractivity contribution in [1.29, 1.82) is 0 Å². The molecule has 0 aliphatic carbocycles. The van der Waals surface area contributed by atoms with Crippen molar-refractivity contribution < 1.29 is 4.52 Å². The van der Waals surface area contributed by atoms with Crippen LogP contribution in [0, 0.1) is 6.92 Å². The summed E-state index contributed by atoms with van der Waals surface area (Å²) >= 11 is 0. The summed E-state index contributed by atoms with van der Waals surface area (Å²) in [6, 6.07) is 1.83. The lowest BCUT2D eigenvalue weighted by Crippen LogP contribution is -2.07. The molecule has 2 aromatic heterocycles. The normalized spacial score (nSPS) is 10.2. The molecule has 0 saturated heterocycles. The number of aromatic nitrogens is 4. The van der Waals surface area contributed by atoms with Gasteiger partial charge in [0.2, 0.25) is 5.89 Å². The summed E-state index contributed by atoms with van der Waals surface area (Å²) in [6.07, 6.45) is 2.17. The molecule has 0 saturated carbocycles. The Bertz CT molecular complexity index is 483. The van der Waals surface area contributed by atoms with Crippen LogP contribution < -0.4 is 10.6 Å². The standard InChI is InChI=1S/C10H14N6O/c1-7-15-10(17-16-7)3-4-12-9-5-8(11-2)13-6-14-9/h5-6H,3-4H2,1-2H3,(H2,11,12,13,14). The fourth-order valence-electron chi connectivity index (χ4n) is 1.33. The van der Waals surface area contributed by atoms with E-state index < -0.39 is 0 Å². The average Bonchev–Trinajstić information content (AvgIpc) is 2.75. The number of nitrogens with zero attached hydrogens (tertiary/aromatic N) is 4. The Labute approximate surface area is 98.7 Å². The van der Waals surface area contributed by atoms with Gasteiger partial charge in [-0.15, -0.1) is 0 Å². The maximum Gasteiger partial charge on any atom is 0.228 e. The molecule has 90 valence electrons. The highest BCUT2D eigenvalue weighted by atomic mass is 16.5. The van der Waals surface area contributed by atoms with Crippen molar-refractivity contribution in [2.75, 3.05) is 24.2 Å². The van der Waals surface area contributed by atoms with Crippen LogP contribution in [0.15, 0.2) is 16.9 Å². The molecule has 0 aliphatic rings. The zero-order valence-electron chi connectivity index (χ0n) is 9.77. The van der Waals surface area contributed by atoms with Gasteiger partial charge in [-0.05, 0) is 6.92 Å². The second-order valence-corrected chi connectivity index (χ2v) is 3.45. The largest absolute Gasteiger partial charge is 0.373 e. The average molecular weight is 234 g/mol. The molecule has 2 aromatic rings. The van der Waals surface area contributed by atoms with Gasteiger partial charge in [0.15, 0.2) is 5.82 Å². The molecule has 2 N–H and O–H groups in total. The Morgan fingerprint density at radius 1 is 1.29 bits per heavy atom. The molecule has 0 bridgehead atoms. The number of nitrogens with one attached hydrogen (secondary N) is 2. The second-order valence-electron chi connectivity index (χ2n) is 3.45. The van der Waals surface area contributed by atoms with E-state index in [2.05, 4.69) is 30.7 Å². The number of anilines is 2. The summed E-state index contributed by atoms with van der Waals surface area (Å²) in [5.74, 6) is 2.81. The Hall–Kier alpha value is -2.18. The maximum atomic E-state index is 5.00. The number of rotatable bonds is 5. The van der Waals surface area contributed by atoms with Crippen molar-refractivity contribution in [3.63, 3.8) is 0 Å². The first-order valence-electron chi connectivity index (χ1n) is 5.31. The van der Waals surface area contributed by atoms with Crippen LogP contribution in [0.2, 0.25) is 0 Å². The van der Waals surface area contributed by atoms with Gasteiger partial charge < -0.3 is 15.2 Å². The lowest BCUT2D eigenvalue weighted by atomic mass is 10.4. The van der Waals surface area contributed by atoms with Crippen LogP contribution in [0.5, 0.6) is 0 Å². The number of hydrogen-bond donors (Lipinski definition) is 2. The quantitative estimate of drug-likeness (QED) is 0.793. The summed E-state index contributed by atoms with van der Waals surface area (Å²) in [7, 11) is 1.81. The van der Waals surface area contributed by atoms with Crippen LogP contribution in [0.4, 0.5) is 11.6 Å². The fourth-order valence-corrected chi connectivity index (χ4v) is 1.33. The summed E-state index contributed by atoms with van der Waals surface area (Å²) in [5, 5.41) is 9.83. The van der Waals surface area contributed by atoms with Gasteiger partial charge in [0, 0.05) is 26.1 Å². The summed E-state index contributed by atoms with van der Waals surface area (Å²) in [4.78, 5) is 12.2. The molecule has 0 fully saturated rings. The van der Waals surface area contributed by atoms with Gasteiger partial charge in [0.25, 0.3) is 0 Å². The van der Waals surface area contributed by atoms with Crippen molar-refractivity contribution in [2.24, 2.45) is 0 Å². The topological polar surface area (TPSA) is 88.8 Å². The molecule has 0 amide bonds. The van der Waals surface area contributed by atoms with Gasteiger partial charge >= 0.3 is 0 Å². The Balaban J connectivity index is 1.85. The van der Waals surface area contributed by atoms with E-state index in [9.17, 15) is 0 Å². The van der Waals surface area contributed by atoms with Gasteiger partial charge in [-0.3, -0.25) is 0 Å². The lowest BCUT2D eigenvalue weighted by Gasteiger charge is -2.04. The van der Waals surface area contributed by atoms with Crippen molar-refractivity contribution in [2.45, 2.75) is 13.3 Å². The van der Waals surface area contributed by atoms with E-state index in [1.54, 1.807) is 6.92 Å². The van der Waals surface area contributed by atoms with E-state index in [4.69, 9.17) is 4.52 Å². The number of aryl methyl sites for hydroxylation is 1. The minimum atomic E-state index is 0.623. The molecule has 2 heterocycles. The molecule has 17 heavy (non-hydrogen) atoms. The minimum absolute atomic E-state index is 0.623. The first-order chi connectivity index (χ1) is 8.28. The highest BCUT2D eigenvalue weighted by Crippen LogP contribution is 2.07. The third-order valence-corrected chi connectivity index (χ3v) is 2.14. The molecular weight excluding hydrogens is 220 g/mol. The predicted octanol–water partition coefficient (Wildman–Crippen LogP) is 0.864. The van der Waals surface area contributed by atoms with Gasteiger partial charge in [-0.25, -0.2) is 9.97 Å². The first-order valence-corrected chi connectivity index (χ1v) is 5.31. The van der Waals surface area contributed by atoms with Gasteiger partial charge in [0.1, 0.15) is 18.0 Å². The highest BCUT2D eigenvalue weighted by Gasteiger charge is 2.02. The van der Waals surface area contributed by atoms with Crippen molar-refractivity contribution >= 4 is 11.6 Å². The van der Waals surface area contributed by atoms with Crippen LogP contribution in [0.25, 0.3) is 0 Å². The molecule has 0 unspecified atom stereocenters. The Morgan fingerprint density at radius 3 is 2.82 bits per heavy atom. The highest BCUT2D eigenvalue weighted by molar-refractivity contribution is 5.45. The van der Waals surface area contributed by atoms with Crippen molar-refractivity contribution in [3.05, 3.63) is 24.1 Å². The molecule has 0 atom stereocenters. The van der Waals surface area contributed by atoms with Gasteiger partial charge in [-0.1, -0.05) is 5.16 Å². The van der Waals surface area contributed by atoms with Crippen LogP contribution in [-0.2, 0) is 6.42 Å². The maximum absolute atomic E-state index is 5.00. The summed E-state index contributed by atoms with van der Waals surface area (Å²) in [5.41, 5.74) is 0. The second kappa shape index (κ2) is 5.24. The summed E-state index contributed by atoms with van der Waals surface area (Å²) < 4.78 is 5.00. The smallest absolute Gasteiger partial charge is 0.228 e. The van der Waals surface area contributed by atoms with Crippen molar-refractivity contribution in [1.82, 2.24) is 20.1 Å². The van der Waals surface area contributed by atoms with Crippen LogP contribution >= 0.6 is 0 Å². The zero-order chi connectivity index (χ0) is 12.1. The molecule has 0 radical (unpaired) electrons. The Kier molecular flexibility index (Phi) is 3.49. The molecule has 0 aliphatic heterocycles. The third kappa shape index (κ3) is 3.13. The van der Waals surface area contributed by atoms with Gasteiger partial charge in [-0.2, -0.15) is 4.98 Å². The van der Waals surface area contributed by atoms with Crippen LogP contribution in [-0.4, -0.2) is 33.7 Å². The third-order valence-electron chi connectivity index (χ3n) is 2.14. The van der Waals surface area contributed by atoms with E-state index in [1.165, 1.54) is 6.33 Å². The van der Waals surface area contributed by atoms with Crippen molar-refractivity contribution in [3.8, 4) is 0 Å². The molecule has 0 spiro atoms. The minimum Gasteiger partial charge on any atom is -0.373 e. The SMILES string of the molecule is CNc1cc(NCCc2nc(C)no2)ncn1. The molecule has 0 aromatic carbocycles. The number of hydrogen-bond acceptors (Lipinski definition) is 7. The molecular formula is C10H14N6O. The summed E-state index contributed by atoms with van der Waals surface area (Å²) in [6.45, 7) is 2.48. The molecule has 2 rings (SSSR count). The van der Waals surface area contributed by atoms with E-state index in [1.807, 2.05) is 13.1 Å². The van der Waals surface area contributed by atoms with Crippen LogP contribution in [0.1, 0.15) is 11.7 Å². The predicted molar refractivity (Wildman–Crippen MR) is 62.8 cm³/mol. The first kappa shape index (κ1) is 11.3. The fraction of sp³-hybridized carbons (Fsp3) is 0.400. The van der Waals surface area contributed by atoms with E-state index in [-0.39, 0.29) is 0 Å². The molecule has 7 heteroatoms. The molecule has 7 nitrogen and oxygen atoms in total. The van der Waals surface area contributed by atoms with E-state index >= 15 is 0 Å². The van der Waals surface area contributed by atoms with Gasteiger partial charge in [0.05, 0.1) is 0 Å². The van der Waals surface area contributed by atoms with E-state index in [0.29, 0.717) is 24.7 Å². The monoisotopic (exact) mass is 234 g/mol. The Morgan fingerprint density at radius 2 is 2.12 bits per heavy atom.